The maximum absolute atomic E-state index is 10.8. The van der Waals surface area contributed by atoms with Crippen LogP contribution in [0.15, 0.2) is 18.7 Å². The summed E-state index contributed by atoms with van der Waals surface area (Å²) in [4.78, 5) is 31.7. The molecule has 4 aliphatic rings. The first-order valence-corrected chi connectivity index (χ1v) is 18.8. The number of hydrogen-bond donors (Lipinski definition) is 1. The van der Waals surface area contributed by atoms with E-state index in [0.717, 1.165) is 44.8 Å². The number of nitrogens with zero attached hydrogens (tertiary/aromatic N) is 9. The quantitative estimate of drug-likeness (QED) is 0.512. The summed E-state index contributed by atoms with van der Waals surface area (Å²) in [6.07, 6.45) is 7.53. The van der Waals surface area contributed by atoms with Crippen molar-refractivity contribution in [1.29, 1.82) is 0 Å². The summed E-state index contributed by atoms with van der Waals surface area (Å²) in [5.41, 5.74) is 0. The molecule has 5 rings (SSSR count). The molecule has 0 unspecified atom stereocenters. The summed E-state index contributed by atoms with van der Waals surface area (Å²) in [5.74, 6) is 0.191. The average molecular weight is 665 g/mol. The number of carbonyl (C=O) groups excluding carboxylic acids is 1. The van der Waals surface area contributed by atoms with Crippen molar-refractivity contribution in [3.63, 3.8) is 0 Å². The maximum Gasteiger partial charge on any atom is 0.221 e. The van der Waals surface area contributed by atoms with Crippen molar-refractivity contribution in [2.45, 2.75) is 79.9 Å². The van der Waals surface area contributed by atoms with Gasteiger partial charge in [-0.15, -0.1) is 0 Å². The monoisotopic (exact) mass is 665 g/mol. The van der Waals surface area contributed by atoms with Gasteiger partial charge in [0.2, 0.25) is 5.91 Å². The lowest BCUT2D eigenvalue weighted by molar-refractivity contribution is -0.120. The molecule has 0 bridgehead atoms. The summed E-state index contributed by atoms with van der Waals surface area (Å²) in [7, 11) is 6.61. The van der Waals surface area contributed by atoms with Crippen molar-refractivity contribution in [2.75, 3.05) is 132 Å². The van der Waals surface area contributed by atoms with Gasteiger partial charge in [-0.25, -0.2) is 4.98 Å². The molecule has 276 valence electrons. The largest absolute Gasteiger partial charge is 0.355 e. The number of rotatable bonds is 5. The highest BCUT2D eigenvalue weighted by Gasteiger charge is 2.19. The molecular formula is C36H76N10O. The summed E-state index contributed by atoms with van der Waals surface area (Å²) in [6.45, 7) is 36.4. The molecule has 47 heavy (non-hydrogen) atoms. The summed E-state index contributed by atoms with van der Waals surface area (Å²) in [6, 6.07) is 1.50. The molecule has 1 N–H and O–H groups in total. The number of imidazole rings is 1. The van der Waals surface area contributed by atoms with Crippen molar-refractivity contribution < 1.29 is 4.79 Å². The van der Waals surface area contributed by atoms with Gasteiger partial charge in [-0.1, -0.05) is 27.7 Å². The molecule has 4 saturated heterocycles. The molecule has 11 nitrogen and oxygen atoms in total. The Hall–Kier alpha value is -1.60. The SMILES string of the molecule is CCN1CCCN(C)CC1.CCN1CCN(C)C[C@@H]1C.CCN1CCN(C)[C@H](C)C1.CCN1CCNC(=O)CC1.CCn1ccnc1. The van der Waals surface area contributed by atoms with Gasteiger partial charge in [-0.3, -0.25) is 9.69 Å². The molecule has 1 aromatic heterocycles. The highest BCUT2D eigenvalue weighted by Crippen LogP contribution is 2.06. The molecular weight excluding hydrogens is 588 g/mol. The lowest BCUT2D eigenvalue weighted by atomic mass is 10.2. The zero-order valence-electron chi connectivity index (χ0n) is 32.5. The number of nitrogens with one attached hydrogen (secondary N) is 1. The van der Waals surface area contributed by atoms with E-state index in [-0.39, 0.29) is 5.91 Å². The van der Waals surface area contributed by atoms with Crippen LogP contribution in [0.1, 0.15) is 61.3 Å². The third kappa shape index (κ3) is 19.9. The molecule has 4 aliphatic heterocycles. The van der Waals surface area contributed by atoms with Gasteiger partial charge in [0.15, 0.2) is 0 Å². The van der Waals surface area contributed by atoms with Crippen molar-refractivity contribution in [3.05, 3.63) is 18.7 Å². The highest BCUT2D eigenvalue weighted by atomic mass is 16.1. The predicted octanol–water partition coefficient (Wildman–Crippen LogP) is 2.66. The number of carbonyl (C=O) groups is 1. The molecule has 0 saturated carbocycles. The van der Waals surface area contributed by atoms with Crippen molar-refractivity contribution in [2.24, 2.45) is 0 Å². The van der Waals surface area contributed by atoms with E-state index in [4.69, 9.17) is 0 Å². The van der Waals surface area contributed by atoms with E-state index in [9.17, 15) is 4.79 Å². The first-order chi connectivity index (χ1) is 22.6. The van der Waals surface area contributed by atoms with Gasteiger partial charge in [-0.05, 0) is 87.6 Å². The summed E-state index contributed by atoms with van der Waals surface area (Å²) < 4.78 is 2.01. The van der Waals surface area contributed by atoms with Gasteiger partial charge in [0.05, 0.1) is 6.33 Å². The molecule has 1 amide bonds. The van der Waals surface area contributed by atoms with Gasteiger partial charge < -0.3 is 39.3 Å². The molecule has 5 heterocycles. The molecule has 11 heteroatoms. The minimum Gasteiger partial charge on any atom is -0.355 e. The van der Waals surface area contributed by atoms with E-state index in [1.807, 2.05) is 10.8 Å². The molecule has 4 fully saturated rings. The van der Waals surface area contributed by atoms with E-state index in [0.29, 0.717) is 6.42 Å². The van der Waals surface area contributed by atoms with Crippen LogP contribution in [0, 0.1) is 0 Å². The van der Waals surface area contributed by atoms with Gasteiger partial charge in [-0.2, -0.15) is 0 Å². The Kier molecular flexibility index (Phi) is 24.3. The van der Waals surface area contributed by atoms with Crippen LogP contribution in [-0.4, -0.2) is 194 Å². The summed E-state index contributed by atoms with van der Waals surface area (Å²) in [5, 5.41) is 2.83. The van der Waals surface area contributed by atoms with Crippen LogP contribution in [-0.2, 0) is 11.3 Å². The topological polar surface area (TPSA) is 69.6 Å². The number of likely N-dealkylation sites (N-methyl/N-ethyl adjacent to an activating group) is 7. The van der Waals surface area contributed by atoms with Crippen LogP contribution in [0.2, 0.25) is 0 Å². The Bertz CT molecular complexity index is 868. The second-order valence-corrected chi connectivity index (χ2v) is 13.5. The van der Waals surface area contributed by atoms with Crippen LogP contribution < -0.4 is 5.32 Å². The van der Waals surface area contributed by atoms with Crippen molar-refractivity contribution in [3.8, 4) is 0 Å². The van der Waals surface area contributed by atoms with Crippen LogP contribution in [0.4, 0.5) is 0 Å². The molecule has 1 aromatic rings. The first kappa shape index (κ1) is 43.4. The molecule has 0 aromatic carbocycles. The zero-order chi connectivity index (χ0) is 35.0. The predicted molar refractivity (Wildman–Crippen MR) is 200 cm³/mol. The Morgan fingerprint density at radius 1 is 0.681 bits per heavy atom. The van der Waals surface area contributed by atoms with E-state index < -0.39 is 0 Å². The maximum atomic E-state index is 10.8. The second kappa shape index (κ2) is 26.3. The van der Waals surface area contributed by atoms with E-state index in [2.05, 4.69) is 114 Å². The number of piperazine rings is 2. The lowest BCUT2D eigenvalue weighted by Crippen LogP contribution is -2.50. The van der Waals surface area contributed by atoms with Gasteiger partial charge in [0.25, 0.3) is 0 Å². The number of aromatic nitrogens is 2. The van der Waals surface area contributed by atoms with Crippen LogP contribution in [0.5, 0.6) is 0 Å². The van der Waals surface area contributed by atoms with Crippen molar-refractivity contribution >= 4 is 5.91 Å². The molecule has 0 aliphatic carbocycles. The smallest absolute Gasteiger partial charge is 0.221 e. The minimum absolute atomic E-state index is 0.191. The molecule has 0 spiro atoms. The number of hydrogen-bond acceptors (Lipinski definition) is 9. The van der Waals surface area contributed by atoms with Gasteiger partial charge in [0.1, 0.15) is 0 Å². The number of aryl methyl sites for hydroxylation is 1. The Morgan fingerprint density at radius 3 is 1.89 bits per heavy atom. The van der Waals surface area contributed by atoms with Gasteiger partial charge >= 0.3 is 0 Å². The van der Waals surface area contributed by atoms with E-state index >= 15 is 0 Å². The number of amides is 1. The third-order valence-electron chi connectivity index (χ3n) is 9.90. The summed E-state index contributed by atoms with van der Waals surface area (Å²) >= 11 is 0. The zero-order valence-corrected chi connectivity index (χ0v) is 32.5. The highest BCUT2D eigenvalue weighted by molar-refractivity contribution is 5.76. The Morgan fingerprint density at radius 2 is 1.34 bits per heavy atom. The van der Waals surface area contributed by atoms with E-state index in [1.165, 1.54) is 91.5 Å². The van der Waals surface area contributed by atoms with Crippen molar-refractivity contribution in [1.82, 2.24) is 49.2 Å². The Balaban J connectivity index is 0.000000295. The third-order valence-corrected chi connectivity index (χ3v) is 9.90. The minimum atomic E-state index is 0.191. The molecule has 2 atom stereocenters. The van der Waals surface area contributed by atoms with Crippen LogP contribution in [0.25, 0.3) is 0 Å². The van der Waals surface area contributed by atoms with Crippen LogP contribution >= 0.6 is 0 Å². The first-order valence-electron chi connectivity index (χ1n) is 18.8. The second-order valence-electron chi connectivity index (χ2n) is 13.5. The average Bonchev–Trinajstić information content (AvgIpc) is 3.41. The van der Waals surface area contributed by atoms with E-state index in [1.54, 1.807) is 12.5 Å². The fraction of sp³-hybridized carbons (Fsp3) is 0.889. The standard InChI is InChI=1S/3C8H18N2.C7H14N2O.C5H8N2/c1-4-10-6-5-9(3)8(2)7-10;1-4-10-6-5-9(3)7-8(10)2;1-3-10-6-4-5-9(2)7-8-10;1-2-9-5-3-7(10)8-4-6-9;1-2-7-4-3-6-5-7/h2*8H,4-7H2,1-3H3;3-8H2,1-2H3;2-6H2,1H3,(H,8,10);3-5H,2H2,1H3/t2*8-;;;/m10.../s1. The fourth-order valence-electron chi connectivity index (χ4n) is 6.08. The molecule has 0 radical (unpaired) electrons. The van der Waals surface area contributed by atoms with Crippen LogP contribution in [0.3, 0.4) is 0 Å². The fourth-order valence-corrected chi connectivity index (χ4v) is 6.08. The lowest BCUT2D eigenvalue weighted by Gasteiger charge is -2.37. The normalized spacial score (nSPS) is 24.4. The Labute approximate surface area is 290 Å². The van der Waals surface area contributed by atoms with Gasteiger partial charge in [0, 0.05) is 109 Å².